The highest BCUT2D eigenvalue weighted by atomic mass is 32.1. The molecule has 0 saturated carbocycles. The zero-order chi connectivity index (χ0) is 22.7. The highest BCUT2D eigenvalue weighted by Crippen LogP contribution is 2.41. The van der Waals surface area contributed by atoms with Crippen molar-refractivity contribution in [2.75, 3.05) is 41.5 Å². The van der Waals surface area contributed by atoms with E-state index in [1.807, 2.05) is 29.0 Å². The maximum Gasteiger partial charge on any atom is 0.237 e. The third-order valence-electron chi connectivity index (χ3n) is 5.73. The smallest absolute Gasteiger partial charge is 0.237 e. The van der Waals surface area contributed by atoms with Crippen LogP contribution in [0.3, 0.4) is 0 Å². The van der Waals surface area contributed by atoms with Gasteiger partial charge in [-0.1, -0.05) is 12.1 Å². The topological polar surface area (TPSA) is 51.2 Å². The number of carbonyl (C=O) groups is 1. The number of methoxy groups -OCH3 is 3. The molecule has 0 spiro atoms. The normalized spacial score (nSPS) is 15.5. The van der Waals surface area contributed by atoms with Gasteiger partial charge in [-0.25, -0.2) is 0 Å². The average molecular weight is 473 g/mol. The van der Waals surface area contributed by atoms with Crippen LogP contribution in [0, 0.1) is 0 Å². The molecule has 0 bridgehead atoms. The summed E-state index contributed by atoms with van der Waals surface area (Å²) in [5, 5.41) is 4.21. The van der Waals surface area contributed by atoms with Gasteiger partial charge in [-0.3, -0.25) is 9.69 Å². The van der Waals surface area contributed by atoms with Crippen LogP contribution in [0.15, 0.2) is 41.1 Å². The van der Waals surface area contributed by atoms with E-state index in [1.54, 1.807) is 44.0 Å². The van der Waals surface area contributed by atoms with Crippen LogP contribution < -0.4 is 14.2 Å². The molecule has 4 rings (SSSR count). The summed E-state index contributed by atoms with van der Waals surface area (Å²) in [6, 6.07) is 10.2. The molecule has 1 aromatic carbocycles. The number of fused-ring (bicyclic) bond motifs is 1. The van der Waals surface area contributed by atoms with Crippen LogP contribution in [-0.4, -0.2) is 57.2 Å². The van der Waals surface area contributed by atoms with Crippen molar-refractivity contribution in [3.8, 4) is 17.2 Å². The molecule has 0 saturated heterocycles. The van der Waals surface area contributed by atoms with Crippen LogP contribution >= 0.6 is 22.7 Å². The third kappa shape index (κ3) is 4.35. The SMILES string of the molecule is COc1ccc(CN(C)CC(=O)N2CCc3sccc3[C@@H]2c2cccs2)c(OC)c1OC. The maximum absolute atomic E-state index is 13.4. The molecule has 32 heavy (non-hydrogen) atoms. The highest BCUT2D eigenvalue weighted by Gasteiger charge is 2.33. The van der Waals surface area contributed by atoms with Gasteiger partial charge in [-0.05, 0) is 48.0 Å². The molecule has 0 aliphatic carbocycles. The first kappa shape index (κ1) is 22.6. The summed E-state index contributed by atoms with van der Waals surface area (Å²) < 4.78 is 16.5. The van der Waals surface area contributed by atoms with Crippen LogP contribution in [0.25, 0.3) is 0 Å². The first-order valence-corrected chi connectivity index (χ1v) is 12.2. The summed E-state index contributed by atoms with van der Waals surface area (Å²) in [6.45, 7) is 1.61. The molecule has 0 fully saturated rings. The summed E-state index contributed by atoms with van der Waals surface area (Å²) in [5.41, 5.74) is 2.20. The molecule has 1 aliphatic rings. The Balaban J connectivity index is 1.52. The van der Waals surface area contributed by atoms with Crippen molar-refractivity contribution in [1.82, 2.24) is 9.80 Å². The molecule has 0 unspecified atom stereocenters. The maximum atomic E-state index is 13.4. The van der Waals surface area contributed by atoms with Gasteiger partial charge in [0.25, 0.3) is 0 Å². The molecule has 0 N–H and O–H groups in total. The number of rotatable bonds is 8. The number of amides is 1. The molecular weight excluding hydrogens is 444 g/mol. The molecule has 2 aromatic heterocycles. The Kier molecular flexibility index (Phi) is 7.03. The number of hydrogen-bond donors (Lipinski definition) is 0. The van der Waals surface area contributed by atoms with E-state index < -0.39 is 0 Å². The van der Waals surface area contributed by atoms with E-state index in [4.69, 9.17) is 14.2 Å². The van der Waals surface area contributed by atoms with Crippen molar-refractivity contribution in [3.63, 3.8) is 0 Å². The summed E-state index contributed by atoms with van der Waals surface area (Å²) in [7, 11) is 6.76. The molecular formula is C24H28N2O4S2. The quantitative estimate of drug-likeness (QED) is 0.485. The first-order chi connectivity index (χ1) is 15.6. The van der Waals surface area contributed by atoms with Crippen molar-refractivity contribution in [2.45, 2.75) is 19.0 Å². The van der Waals surface area contributed by atoms with E-state index in [-0.39, 0.29) is 11.9 Å². The standard InChI is InChI=1S/C24H28N2O4S2/c1-25(14-16-7-8-18(28-2)24(30-4)23(16)29-3)15-21(27)26-11-9-19-17(10-13-32-19)22(26)20-6-5-12-31-20/h5-8,10,12-13,22H,9,11,14-15H2,1-4H3/t22-/m1/s1. The Morgan fingerprint density at radius 1 is 1.06 bits per heavy atom. The van der Waals surface area contributed by atoms with Crippen molar-refractivity contribution in [2.24, 2.45) is 0 Å². The minimum atomic E-state index is 0.00140. The zero-order valence-corrected chi connectivity index (χ0v) is 20.4. The van der Waals surface area contributed by atoms with Crippen molar-refractivity contribution < 1.29 is 19.0 Å². The molecule has 6 nitrogen and oxygen atoms in total. The highest BCUT2D eigenvalue weighted by molar-refractivity contribution is 7.10. The fraction of sp³-hybridized carbons (Fsp3) is 0.375. The number of nitrogens with zero attached hydrogens (tertiary/aromatic N) is 2. The number of thiophene rings is 2. The molecule has 8 heteroatoms. The first-order valence-electron chi connectivity index (χ1n) is 10.4. The predicted octanol–water partition coefficient (Wildman–Crippen LogP) is 4.44. The minimum Gasteiger partial charge on any atom is -0.493 e. The van der Waals surface area contributed by atoms with Gasteiger partial charge in [0.1, 0.15) is 0 Å². The lowest BCUT2D eigenvalue weighted by Gasteiger charge is -2.36. The van der Waals surface area contributed by atoms with E-state index >= 15 is 0 Å². The second-order valence-electron chi connectivity index (χ2n) is 7.72. The van der Waals surface area contributed by atoms with Gasteiger partial charge >= 0.3 is 0 Å². The molecule has 170 valence electrons. The fourth-order valence-electron chi connectivity index (χ4n) is 4.29. The van der Waals surface area contributed by atoms with Gasteiger partial charge in [-0.15, -0.1) is 22.7 Å². The summed E-state index contributed by atoms with van der Waals surface area (Å²) in [6.07, 6.45) is 0.911. The van der Waals surface area contributed by atoms with Gasteiger partial charge in [0, 0.05) is 28.4 Å². The summed E-state index contributed by atoms with van der Waals surface area (Å²) >= 11 is 3.49. The Bertz CT molecular complexity index is 1060. The van der Waals surface area contributed by atoms with E-state index in [9.17, 15) is 4.79 Å². The average Bonchev–Trinajstić information content (AvgIpc) is 3.49. The number of ether oxygens (including phenoxy) is 3. The number of carbonyl (C=O) groups excluding carboxylic acids is 1. The van der Waals surface area contributed by atoms with E-state index in [0.29, 0.717) is 30.3 Å². The molecule has 1 atom stereocenters. The van der Waals surface area contributed by atoms with E-state index in [1.165, 1.54) is 15.3 Å². The molecule has 3 heterocycles. The van der Waals surface area contributed by atoms with Crippen LogP contribution in [0.5, 0.6) is 17.2 Å². The van der Waals surface area contributed by atoms with Crippen LogP contribution in [0.1, 0.15) is 26.9 Å². The minimum absolute atomic E-state index is 0.00140. The molecule has 0 radical (unpaired) electrons. The predicted molar refractivity (Wildman–Crippen MR) is 128 cm³/mol. The molecule has 3 aromatic rings. The Morgan fingerprint density at radius 2 is 1.88 bits per heavy atom. The monoisotopic (exact) mass is 472 g/mol. The van der Waals surface area contributed by atoms with Crippen LogP contribution in [0.2, 0.25) is 0 Å². The van der Waals surface area contributed by atoms with E-state index in [0.717, 1.165) is 18.5 Å². The lowest BCUT2D eigenvalue weighted by atomic mass is 9.98. The van der Waals surface area contributed by atoms with Gasteiger partial charge in [0.2, 0.25) is 11.7 Å². The second-order valence-corrected chi connectivity index (χ2v) is 9.70. The zero-order valence-electron chi connectivity index (χ0n) is 18.8. The Hall–Kier alpha value is -2.55. The summed E-state index contributed by atoms with van der Waals surface area (Å²) in [5.74, 6) is 1.93. The molecule has 1 aliphatic heterocycles. The van der Waals surface area contributed by atoms with Crippen molar-refractivity contribution in [3.05, 3.63) is 62.0 Å². The Morgan fingerprint density at radius 3 is 2.56 bits per heavy atom. The number of benzene rings is 1. The number of hydrogen-bond acceptors (Lipinski definition) is 7. The van der Waals surface area contributed by atoms with Gasteiger partial charge in [0.05, 0.1) is 33.9 Å². The lowest BCUT2D eigenvalue weighted by molar-refractivity contribution is -0.134. The van der Waals surface area contributed by atoms with E-state index in [2.05, 4.69) is 29.0 Å². The summed E-state index contributed by atoms with van der Waals surface area (Å²) in [4.78, 5) is 20.1. The van der Waals surface area contributed by atoms with Gasteiger partial charge < -0.3 is 19.1 Å². The van der Waals surface area contributed by atoms with Crippen LogP contribution in [-0.2, 0) is 17.8 Å². The van der Waals surface area contributed by atoms with Crippen molar-refractivity contribution in [1.29, 1.82) is 0 Å². The number of likely N-dealkylation sites (N-methyl/N-ethyl adjacent to an activating group) is 1. The largest absolute Gasteiger partial charge is 0.493 e. The van der Waals surface area contributed by atoms with Crippen molar-refractivity contribution >= 4 is 28.6 Å². The van der Waals surface area contributed by atoms with Crippen LogP contribution in [0.4, 0.5) is 0 Å². The molecule has 1 amide bonds. The van der Waals surface area contributed by atoms with Gasteiger partial charge in [-0.2, -0.15) is 0 Å². The Labute approximate surface area is 196 Å². The third-order valence-corrected chi connectivity index (χ3v) is 7.65. The fourth-order valence-corrected chi connectivity index (χ4v) is 6.05. The lowest BCUT2D eigenvalue weighted by Crippen LogP contribution is -2.44. The second kappa shape index (κ2) is 9.94. The van der Waals surface area contributed by atoms with Gasteiger partial charge in [0.15, 0.2) is 11.5 Å².